The van der Waals surface area contributed by atoms with E-state index in [0.29, 0.717) is 0 Å². The summed E-state index contributed by atoms with van der Waals surface area (Å²) in [5, 5.41) is 0. The molecule has 0 amide bonds. The molecule has 0 N–H and O–H groups in total. The van der Waals surface area contributed by atoms with Gasteiger partial charge in [0, 0.05) is 24.8 Å². The topological polar surface area (TPSA) is 51.2 Å². The van der Waals surface area contributed by atoms with Crippen molar-refractivity contribution in [3.63, 3.8) is 0 Å². The van der Waals surface area contributed by atoms with Crippen molar-refractivity contribution >= 4 is 11.9 Å². The molecule has 0 bridgehead atoms. The van der Waals surface area contributed by atoms with Gasteiger partial charge in [-0.3, -0.25) is 14.0 Å². The smallest absolute Gasteiger partial charge is 0.223 e. The van der Waals surface area contributed by atoms with E-state index < -0.39 is 0 Å². The van der Waals surface area contributed by atoms with E-state index in [0.717, 1.165) is 24.3 Å². The highest BCUT2D eigenvalue weighted by molar-refractivity contribution is 6.02. The summed E-state index contributed by atoms with van der Waals surface area (Å²) in [5.41, 5.74) is 0. The third-order valence-electron chi connectivity index (χ3n) is 3.01. The molecule has 2 aliphatic rings. The molecular weight excluding hydrogens is 216 g/mol. The average molecular weight is 226 g/mol. The summed E-state index contributed by atoms with van der Waals surface area (Å²) >= 11 is 0. The van der Waals surface area contributed by atoms with Gasteiger partial charge in [-0.1, -0.05) is 6.92 Å². The van der Waals surface area contributed by atoms with Crippen LogP contribution in [0.15, 0.2) is 29.8 Å². The minimum Gasteiger partial charge on any atom is -0.268 e. The number of hydrogen-bond donors (Lipinski definition) is 0. The number of hydrogen-bond acceptors (Lipinski definition) is 4. The van der Waals surface area contributed by atoms with Gasteiger partial charge in [-0.2, -0.15) is 0 Å². The van der Waals surface area contributed by atoms with Gasteiger partial charge in [-0.05, 0) is 6.42 Å². The molecule has 0 saturated carbocycles. The molecule has 1 unspecified atom stereocenters. The Balaban J connectivity index is 1.98. The Labute approximate surface area is 98.2 Å². The van der Waals surface area contributed by atoms with Crippen LogP contribution in [0.1, 0.15) is 13.3 Å². The second kappa shape index (κ2) is 2.97. The van der Waals surface area contributed by atoms with Gasteiger partial charge in [-0.25, -0.2) is 15.0 Å². The molecule has 0 spiro atoms. The summed E-state index contributed by atoms with van der Waals surface area (Å²) < 4.78 is 3.89. The number of aliphatic imine (C=N–C) groups is 1. The molecule has 6 nitrogen and oxygen atoms in total. The van der Waals surface area contributed by atoms with Crippen LogP contribution in [0, 0.1) is 6.54 Å². The van der Waals surface area contributed by atoms with E-state index in [-0.39, 0.29) is 6.04 Å². The molecular formula is C11H10N6. The monoisotopic (exact) mass is 226 g/mol. The van der Waals surface area contributed by atoms with Crippen LogP contribution in [0.4, 0.5) is 5.95 Å². The quantitative estimate of drug-likeness (QED) is 0.726. The normalized spacial score (nSPS) is 20.9. The van der Waals surface area contributed by atoms with Gasteiger partial charge in [0.1, 0.15) is 6.54 Å². The number of anilines is 1. The second-order valence-corrected chi connectivity index (χ2v) is 4.01. The van der Waals surface area contributed by atoms with Crippen molar-refractivity contribution in [2.24, 2.45) is 4.99 Å². The molecule has 2 aromatic rings. The van der Waals surface area contributed by atoms with Crippen LogP contribution < -0.4 is 4.90 Å². The molecule has 0 aromatic carbocycles. The van der Waals surface area contributed by atoms with E-state index in [2.05, 4.69) is 28.4 Å². The molecule has 17 heavy (non-hydrogen) atoms. The summed E-state index contributed by atoms with van der Waals surface area (Å²) in [4.78, 5) is 15.2. The van der Waals surface area contributed by atoms with Crippen molar-refractivity contribution in [2.45, 2.75) is 19.4 Å². The fourth-order valence-corrected chi connectivity index (χ4v) is 2.18. The molecule has 0 fully saturated rings. The van der Waals surface area contributed by atoms with Crippen molar-refractivity contribution in [3.05, 3.63) is 31.3 Å². The predicted molar refractivity (Wildman–Crippen MR) is 62.0 cm³/mol. The highest BCUT2D eigenvalue weighted by atomic mass is 15.5. The average Bonchev–Trinajstić information content (AvgIpc) is 3.06. The maximum Gasteiger partial charge on any atom is 0.223 e. The van der Waals surface area contributed by atoms with Crippen molar-refractivity contribution < 1.29 is 0 Å². The van der Waals surface area contributed by atoms with E-state index in [9.17, 15) is 0 Å². The summed E-state index contributed by atoms with van der Waals surface area (Å²) in [6, 6.07) is 0.100. The number of aromatic nitrogens is 4. The lowest BCUT2D eigenvalue weighted by atomic mass is 10.2. The van der Waals surface area contributed by atoms with Gasteiger partial charge in [0.05, 0.1) is 6.04 Å². The molecule has 0 aliphatic carbocycles. The first-order valence-corrected chi connectivity index (χ1v) is 5.60. The Morgan fingerprint density at radius 2 is 1.94 bits per heavy atom. The largest absolute Gasteiger partial charge is 0.268 e. The van der Waals surface area contributed by atoms with Gasteiger partial charge in [0.25, 0.3) is 0 Å². The first-order chi connectivity index (χ1) is 8.38. The number of imidazole rings is 2. The first-order valence-electron chi connectivity index (χ1n) is 5.60. The van der Waals surface area contributed by atoms with Gasteiger partial charge < -0.3 is 0 Å². The third-order valence-corrected chi connectivity index (χ3v) is 3.01. The maximum absolute atomic E-state index is 4.62. The van der Waals surface area contributed by atoms with Gasteiger partial charge in [0.2, 0.25) is 17.9 Å². The summed E-state index contributed by atoms with van der Waals surface area (Å²) in [5.74, 6) is 2.47. The number of fused-ring (bicyclic) bond motifs is 6. The van der Waals surface area contributed by atoms with Crippen molar-refractivity contribution in [1.29, 1.82) is 0 Å². The lowest BCUT2D eigenvalue weighted by Gasteiger charge is -2.25. The molecule has 84 valence electrons. The van der Waals surface area contributed by atoms with Crippen LogP contribution >= 0.6 is 0 Å². The van der Waals surface area contributed by atoms with Crippen LogP contribution in [-0.2, 0) is 0 Å². The molecule has 2 aliphatic heterocycles. The zero-order valence-electron chi connectivity index (χ0n) is 9.28. The zero-order valence-corrected chi connectivity index (χ0v) is 9.28. The van der Waals surface area contributed by atoms with Crippen molar-refractivity contribution in [2.75, 3.05) is 4.90 Å². The molecule has 2 aromatic heterocycles. The summed E-state index contributed by atoms with van der Waals surface area (Å²) in [6.07, 6.45) is 8.27. The maximum atomic E-state index is 4.62. The van der Waals surface area contributed by atoms with E-state index in [1.165, 1.54) is 0 Å². The molecule has 2 radical (unpaired) electrons. The Morgan fingerprint density at radius 3 is 2.76 bits per heavy atom. The predicted octanol–water partition coefficient (Wildman–Crippen LogP) is 0.924. The first kappa shape index (κ1) is 8.98. The molecule has 4 rings (SSSR count). The highest BCUT2D eigenvalue weighted by Crippen LogP contribution is 2.30. The molecule has 0 saturated heterocycles. The van der Waals surface area contributed by atoms with E-state index in [4.69, 9.17) is 0 Å². The third kappa shape index (κ3) is 1.02. The lowest BCUT2D eigenvalue weighted by molar-refractivity contribution is 0.750. The standard InChI is InChI=1S/C11H10N6/c1-2-8-7-17-10-13-3-5-15(10)9-12-4-6-16(9)11(17)14-8/h3-6,8H,2H2,1H3. The fourth-order valence-electron chi connectivity index (χ4n) is 2.18. The molecule has 1 atom stereocenters. The highest BCUT2D eigenvalue weighted by Gasteiger charge is 2.36. The number of nitrogens with zero attached hydrogens (tertiary/aromatic N) is 6. The lowest BCUT2D eigenvalue weighted by Crippen LogP contribution is -2.37. The van der Waals surface area contributed by atoms with Gasteiger partial charge in [-0.15, -0.1) is 0 Å². The molecule has 4 heterocycles. The Morgan fingerprint density at radius 1 is 1.18 bits per heavy atom. The van der Waals surface area contributed by atoms with E-state index >= 15 is 0 Å². The van der Waals surface area contributed by atoms with Crippen LogP contribution in [0.3, 0.4) is 0 Å². The van der Waals surface area contributed by atoms with E-state index in [1.54, 1.807) is 12.4 Å². The molecule has 6 heteroatoms. The fraction of sp³-hybridized carbons (Fsp3) is 0.273. The minimum absolute atomic E-state index is 0.100. The van der Waals surface area contributed by atoms with E-state index in [1.807, 2.05) is 26.4 Å². The van der Waals surface area contributed by atoms with Gasteiger partial charge >= 0.3 is 0 Å². The minimum atomic E-state index is 0.100. The van der Waals surface area contributed by atoms with Crippen LogP contribution in [0.5, 0.6) is 0 Å². The Bertz CT molecular complexity index is 607. The SMILES string of the molecule is CCC1[C]N2C(=N1)n1ccnc1-n1ccnc12. The number of rotatable bonds is 1. The van der Waals surface area contributed by atoms with Crippen molar-refractivity contribution in [3.8, 4) is 5.95 Å². The zero-order chi connectivity index (χ0) is 11.4. The second-order valence-electron chi connectivity index (χ2n) is 4.01. The van der Waals surface area contributed by atoms with Crippen molar-refractivity contribution in [1.82, 2.24) is 19.1 Å². The Kier molecular flexibility index (Phi) is 1.57. The van der Waals surface area contributed by atoms with Gasteiger partial charge in [0.15, 0.2) is 0 Å². The summed E-state index contributed by atoms with van der Waals surface area (Å²) in [6.45, 7) is 5.41. The van der Waals surface area contributed by atoms with Crippen LogP contribution in [0.25, 0.3) is 5.95 Å². The summed E-state index contributed by atoms with van der Waals surface area (Å²) in [7, 11) is 0. The Hall–Kier alpha value is -2.11. The van der Waals surface area contributed by atoms with Crippen LogP contribution in [-0.4, -0.2) is 31.1 Å². The van der Waals surface area contributed by atoms with Crippen LogP contribution in [0.2, 0.25) is 0 Å².